The zero-order valence-corrected chi connectivity index (χ0v) is 9.38. The van der Waals surface area contributed by atoms with E-state index in [1.54, 1.807) is 0 Å². The van der Waals surface area contributed by atoms with Gasteiger partial charge in [-0.05, 0) is 15.9 Å². The molecule has 0 unspecified atom stereocenters. The largest absolute Gasteiger partial charge is 0.496 e. The van der Waals surface area contributed by atoms with Crippen LogP contribution < -0.4 is 4.74 Å². The highest BCUT2D eigenvalue weighted by Gasteiger charge is 2.20. The van der Waals surface area contributed by atoms with E-state index in [0.717, 1.165) is 6.20 Å². The number of aromatic nitrogens is 1. The first kappa shape index (κ1) is 11.9. The molecule has 1 aromatic rings. The maximum atomic E-state index is 12.5. The van der Waals surface area contributed by atoms with Gasteiger partial charge in [0.25, 0.3) is 6.43 Å². The van der Waals surface area contributed by atoms with Gasteiger partial charge in [0, 0.05) is 11.8 Å². The van der Waals surface area contributed by atoms with Crippen molar-refractivity contribution in [3.63, 3.8) is 0 Å². The summed E-state index contributed by atoms with van der Waals surface area (Å²) in [7, 11) is 1.29. The van der Waals surface area contributed by atoms with Crippen LogP contribution in [-0.4, -0.2) is 12.1 Å². The molecule has 0 aliphatic carbocycles. The zero-order valence-electron chi connectivity index (χ0n) is 7.80. The highest BCUT2D eigenvalue weighted by atomic mass is 79.9. The van der Waals surface area contributed by atoms with E-state index in [1.165, 1.54) is 7.11 Å². The number of alkyl halides is 2. The van der Waals surface area contributed by atoms with E-state index in [0.29, 0.717) is 10.2 Å². The number of rotatable bonds is 3. The maximum Gasteiger partial charge on any atom is 0.268 e. The minimum absolute atomic E-state index is 0.0217. The molecule has 0 spiro atoms. The first-order chi connectivity index (χ1) is 7.11. The SMILES string of the molecule is COc1c(C(F)F)cnc(Br)c1CC#N. The van der Waals surface area contributed by atoms with E-state index in [4.69, 9.17) is 10.00 Å². The number of ether oxygens (including phenoxy) is 1. The van der Waals surface area contributed by atoms with E-state index < -0.39 is 6.43 Å². The Hall–Kier alpha value is -1.22. The average Bonchev–Trinajstić information content (AvgIpc) is 2.20. The summed E-state index contributed by atoms with van der Waals surface area (Å²) in [6.07, 6.45) is -1.66. The van der Waals surface area contributed by atoms with Gasteiger partial charge in [0.05, 0.1) is 25.2 Å². The molecule has 6 heteroatoms. The first-order valence-electron chi connectivity index (χ1n) is 3.98. The zero-order chi connectivity index (χ0) is 11.4. The monoisotopic (exact) mass is 276 g/mol. The molecule has 0 N–H and O–H groups in total. The molecule has 0 aromatic carbocycles. The highest BCUT2D eigenvalue weighted by molar-refractivity contribution is 9.10. The van der Waals surface area contributed by atoms with Crippen LogP contribution in [0.4, 0.5) is 8.78 Å². The van der Waals surface area contributed by atoms with Crippen molar-refractivity contribution in [1.29, 1.82) is 5.26 Å². The normalized spacial score (nSPS) is 10.1. The number of hydrogen-bond acceptors (Lipinski definition) is 3. The van der Waals surface area contributed by atoms with Crippen LogP contribution in [0.5, 0.6) is 5.75 Å². The molecule has 0 saturated heterocycles. The lowest BCUT2D eigenvalue weighted by Crippen LogP contribution is -2.00. The molecule has 1 aromatic heterocycles. The van der Waals surface area contributed by atoms with Crippen molar-refractivity contribution >= 4 is 15.9 Å². The molecule has 15 heavy (non-hydrogen) atoms. The van der Waals surface area contributed by atoms with E-state index in [-0.39, 0.29) is 17.7 Å². The van der Waals surface area contributed by atoms with Crippen LogP contribution in [0, 0.1) is 11.3 Å². The van der Waals surface area contributed by atoms with Crippen molar-refractivity contribution in [2.75, 3.05) is 7.11 Å². The third-order valence-electron chi connectivity index (χ3n) is 1.80. The molecule has 0 amide bonds. The first-order valence-corrected chi connectivity index (χ1v) is 4.77. The third kappa shape index (κ3) is 2.42. The molecule has 1 heterocycles. The van der Waals surface area contributed by atoms with Gasteiger partial charge in [-0.25, -0.2) is 13.8 Å². The molecule has 1 rings (SSSR count). The van der Waals surface area contributed by atoms with Gasteiger partial charge in [0.15, 0.2) is 0 Å². The van der Waals surface area contributed by atoms with Crippen molar-refractivity contribution in [3.8, 4) is 11.8 Å². The summed E-state index contributed by atoms with van der Waals surface area (Å²) in [6.45, 7) is 0. The molecular weight excluding hydrogens is 270 g/mol. The van der Waals surface area contributed by atoms with Crippen LogP contribution in [0.15, 0.2) is 10.8 Å². The molecule has 80 valence electrons. The molecule has 0 aliphatic heterocycles. The Morgan fingerprint density at radius 3 is 2.80 bits per heavy atom. The van der Waals surface area contributed by atoms with Crippen molar-refractivity contribution in [2.45, 2.75) is 12.8 Å². The number of halogens is 3. The van der Waals surface area contributed by atoms with Crippen LogP contribution in [-0.2, 0) is 6.42 Å². The fourth-order valence-electron chi connectivity index (χ4n) is 1.16. The second-order valence-electron chi connectivity index (χ2n) is 2.65. The van der Waals surface area contributed by atoms with Crippen LogP contribution >= 0.6 is 15.9 Å². The van der Waals surface area contributed by atoms with Crippen LogP contribution in [0.25, 0.3) is 0 Å². The standard InChI is InChI=1S/C9H7BrF2N2O/c1-15-7-5(2-3-13)8(10)14-4-6(7)9(11)12/h4,9H,2H2,1H3. The van der Waals surface area contributed by atoms with Crippen molar-refractivity contribution in [1.82, 2.24) is 4.98 Å². The van der Waals surface area contributed by atoms with Gasteiger partial charge in [-0.1, -0.05) is 0 Å². The Kier molecular flexibility index (Phi) is 3.97. The second kappa shape index (κ2) is 5.03. The Morgan fingerprint density at radius 2 is 2.33 bits per heavy atom. The maximum absolute atomic E-state index is 12.5. The van der Waals surface area contributed by atoms with E-state index in [1.807, 2.05) is 6.07 Å². The van der Waals surface area contributed by atoms with Gasteiger partial charge >= 0.3 is 0 Å². The molecular formula is C9H7BrF2N2O. The summed E-state index contributed by atoms with van der Waals surface area (Å²) in [5, 5.41) is 8.55. The molecule has 0 saturated carbocycles. The number of nitriles is 1. The molecule has 0 radical (unpaired) electrons. The summed E-state index contributed by atoms with van der Waals surface area (Å²) in [4.78, 5) is 3.73. The molecule has 0 atom stereocenters. The lowest BCUT2D eigenvalue weighted by molar-refractivity contribution is 0.146. The smallest absolute Gasteiger partial charge is 0.268 e. The minimum atomic E-state index is -2.67. The highest BCUT2D eigenvalue weighted by Crippen LogP contribution is 2.34. The average molecular weight is 277 g/mol. The second-order valence-corrected chi connectivity index (χ2v) is 3.40. The van der Waals surface area contributed by atoms with Gasteiger partial charge in [-0.2, -0.15) is 5.26 Å². The number of pyridine rings is 1. The Bertz CT molecular complexity index is 404. The van der Waals surface area contributed by atoms with Gasteiger partial charge < -0.3 is 4.74 Å². The Balaban J connectivity index is 3.34. The fraction of sp³-hybridized carbons (Fsp3) is 0.333. The lowest BCUT2D eigenvalue weighted by atomic mass is 10.1. The van der Waals surface area contributed by atoms with Gasteiger partial charge in [0.2, 0.25) is 0 Å². The van der Waals surface area contributed by atoms with Crippen LogP contribution in [0.3, 0.4) is 0 Å². The molecule has 0 bridgehead atoms. The van der Waals surface area contributed by atoms with E-state index in [9.17, 15) is 8.78 Å². The third-order valence-corrected chi connectivity index (χ3v) is 2.48. The number of nitrogens with zero attached hydrogens (tertiary/aromatic N) is 2. The summed E-state index contributed by atoms with van der Waals surface area (Å²) in [6, 6.07) is 1.87. The number of hydrogen-bond donors (Lipinski definition) is 0. The molecule has 3 nitrogen and oxygen atoms in total. The van der Waals surface area contributed by atoms with Crippen molar-refractivity contribution in [2.24, 2.45) is 0 Å². The summed E-state index contributed by atoms with van der Waals surface area (Å²) >= 11 is 3.09. The lowest BCUT2D eigenvalue weighted by Gasteiger charge is -2.11. The minimum Gasteiger partial charge on any atom is -0.496 e. The predicted molar refractivity (Wildman–Crippen MR) is 52.8 cm³/mol. The van der Waals surface area contributed by atoms with Crippen molar-refractivity contribution < 1.29 is 13.5 Å². The fourth-order valence-corrected chi connectivity index (χ4v) is 1.58. The van der Waals surface area contributed by atoms with Gasteiger partial charge in [-0.3, -0.25) is 0 Å². The Labute approximate surface area is 93.8 Å². The quantitative estimate of drug-likeness (QED) is 0.798. The van der Waals surface area contributed by atoms with Gasteiger partial charge in [0.1, 0.15) is 10.4 Å². The Morgan fingerprint density at radius 1 is 1.67 bits per heavy atom. The summed E-state index contributed by atoms with van der Waals surface area (Å²) < 4.78 is 30.3. The van der Waals surface area contributed by atoms with E-state index >= 15 is 0 Å². The molecule has 0 aliphatic rings. The van der Waals surface area contributed by atoms with Gasteiger partial charge in [-0.15, -0.1) is 0 Å². The number of methoxy groups -OCH3 is 1. The van der Waals surface area contributed by atoms with Crippen molar-refractivity contribution in [3.05, 3.63) is 21.9 Å². The molecule has 0 fully saturated rings. The van der Waals surface area contributed by atoms with Crippen LogP contribution in [0.2, 0.25) is 0 Å². The summed E-state index contributed by atoms with van der Waals surface area (Å²) in [5.74, 6) is 0.0217. The summed E-state index contributed by atoms with van der Waals surface area (Å²) in [5.41, 5.74) is 0.0451. The van der Waals surface area contributed by atoms with Crippen LogP contribution in [0.1, 0.15) is 17.6 Å². The van der Waals surface area contributed by atoms with E-state index in [2.05, 4.69) is 20.9 Å². The topological polar surface area (TPSA) is 45.9 Å². The predicted octanol–water partition coefficient (Wildman–Crippen LogP) is 2.86.